The molecule has 2 heterocycles. The topological polar surface area (TPSA) is 59.2 Å². The number of halogens is 2. The van der Waals surface area contributed by atoms with Gasteiger partial charge in [0, 0.05) is 18.0 Å². The summed E-state index contributed by atoms with van der Waals surface area (Å²) in [5.74, 6) is -0.180. The maximum absolute atomic E-state index is 11.1. The first-order chi connectivity index (χ1) is 8.56. The van der Waals surface area contributed by atoms with Gasteiger partial charge in [-0.25, -0.2) is 4.98 Å². The molecule has 0 bridgehead atoms. The molecule has 0 aliphatic carbocycles. The fourth-order valence-electron chi connectivity index (χ4n) is 2.18. The number of pyridine rings is 1. The van der Waals surface area contributed by atoms with Crippen molar-refractivity contribution < 1.29 is 4.79 Å². The molecule has 4 nitrogen and oxygen atoms in total. The Balaban J connectivity index is 1.93. The highest BCUT2D eigenvalue weighted by Crippen LogP contribution is 2.22. The second-order valence-electron chi connectivity index (χ2n) is 4.54. The highest BCUT2D eigenvalue weighted by Gasteiger charge is 2.23. The van der Waals surface area contributed by atoms with E-state index in [1.54, 1.807) is 6.07 Å². The fourth-order valence-corrected chi connectivity index (χ4v) is 2.58. The van der Waals surface area contributed by atoms with E-state index >= 15 is 0 Å². The zero-order valence-electron chi connectivity index (χ0n) is 9.90. The molecule has 0 radical (unpaired) electrons. The first kappa shape index (κ1) is 13.6. The molecular formula is C12H15Cl2N3O. The Morgan fingerprint density at radius 1 is 1.39 bits per heavy atom. The van der Waals surface area contributed by atoms with E-state index in [0.717, 1.165) is 38.0 Å². The van der Waals surface area contributed by atoms with Crippen LogP contribution in [0.3, 0.4) is 0 Å². The Labute approximate surface area is 116 Å². The molecule has 0 spiro atoms. The van der Waals surface area contributed by atoms with Crippen LogP contribution in [0.1, 0.15) is 18.4 Å². The lowest BCUT2D eigenvalue weighted by atomic mass is 9.96. The van der Waals surface area contributed by atoms with Gasteiger partial charge in [0.15, 0.2) is 0 Å². The maximum atomic E-state index is 11.1. The maximum Gasteiger partial charge on any atom is 0.220 e. The van der Waals surface area contributed by atoms with E-state index in [2.05, 4.69) is 9.88 Å². The third kappa shape index (κ3) is 3.34. The highest BCUT2D eigenvalue weighted by atomic mass is 35.5. The summed E-state index contributed by atoms with van der Waals surface area (Å²) >= 11 is 11.8. The first-order valence-electron chi connectivity index (χ1n) is 5.89. The van der Waals surface area contributed by atoms with Crippen molar-refractivity contribution >= 4 is 29.1 Å². The van der Waals surface area contributed by atoms with Crippen molar-refractivity contribution in [3.63, 3.8) is 0 Å². The number of piperidine rings is 1. The molecule has 1 amide bonds. The molecule has 98 valence electrons. The molecule has 1 aromatic rings. The van der Waals surface area contributed by atoms with Gasteiger partial charge in [0.1, 0.15) is 10.3 Å². The van der Waals surface area contributed by atoms with Crippen molar-refractivity contribution in [2.24, 2.45) is 11.7 Å². The Morgan fingerprint density at radius 2 is 2.06 bits per heavy atom. The van der Waals surface area contributed by atoms with Gasteiger partial charge in [-0.3, -0.25) is 9.69 Å². The number of rotatable bonds is 3. The van der Waals surface area contributed by atoms with Crippen LogP contribution in [0.15, 0.2) is 12.1 Å². The van der Waals surface area contributed by atoms with E-state index in [0.29, 0.717) is 10.3 Å². The van der Waals surface area contributed by atoms with Crippen molar-refractivity contribution in [3.8, 4) is 0 Å². The summed E-state index contributed by atoms with van der Waals surface area (Å²) in [6.45, 7) is 2.44. The molecule has 18 heavy (non-hydrogen) atoms. The van der Waals surface area contributed by atoms with Gasteiger partial charge in [0.2, 0.25) is 5.91 Å². The largest absolute Gasteiger partial charge is 0.369 e. The molecule has 1 aromatic heterocycles. The molecule has 0 saturated carbocycles. The van der Waals surface area contributed by atoms with Crippen molar-refractivity contribution in [2.45, 2.75) is 19.4 Å². The van der Waals surface area contributed by atoms with Crippen molar-refractivity contribution in [3.05, 3.63) is 28.0 Å². The van der Waals surface area contributed by atoms with Gasteiger partial charge < -0.3 is 5.73 Å². The Hall–Kier alpha value is -0.840. The van der Waals surface area contributed by atoms with E-state index in [1.165, 1.54) is 0 Å². The quantitative estimate of drug-likeness (QED) is 0.866. The minimum absolute atomic E-state index is 0.0139. The van der Waals surface area contributed by atoms with E-state index in [-0.39, 0.29) is 11.8 Å². The number of primary amides is 1. The Kier molecular flexibility index (Phi) is 4.43. The second kappa shape index (κ2) is 5.87. The lowest BCUT2D eigenvalue weighted by Crippen LogP contribution is -2.38. The summed E-state index contributed by atoms with van der Waals surface area (Å²) in [5, 5.41) is 0.843. The SMILES string of the molecule is NC(=O)C1CCN(Cc2ccc(Cl)nc2Cl)CC1. The number of carbonyl (C=O) groups is 1. The van der Waals surface area contributed by atoms with Gasteiger partial charge in [-0.15, -0.1) is 0 Å². The summed E-state index contributed by atoms with van der Waals surface area (Å²) in [6.07, 6.45) is 1.63. The van der Waals surface area contributed by atoms with E-state index in [9.17, 15) is 4.79 Å². The third-order valence-electron chi connectivity index (χ3n) is 3.28. The van der Waals surface area contributed by atoms with Crippen LogP contribution in [-0.4, -0.2) is 28.9 Å². The lowest BCUT2D eigenvalue weighted by Gasteiger charge is -2.30. The van der Waals surface area contributed by atoms with Crippen molar-refractivity contribution in [2.75, 3.05) is 13.1 Å². The predicted molar refractivity (Wildman–Crippen MR) is 71.5 cm³/mol. The summed E-state index contributed by atoms with van der Waals surface area (Å²) in [6, 6.07) is 3.62. The average Bonchev–Trinajstić information content (AvgIpc) is 2.33. The van der Waals surface area contributed by atoms with Gasteiger partial charge in [-0.05, 0) is 32.0 Å². The number of hydrogen-bond donors (Lipinski definition) is 1. The first-order valence-corrected chi connectivity index (χ1v) is 6.64. The zero-order chi connectivity index (χ0) is 13.1. The van der Waals surface area contributed by atoms with Crippen LogP contribution < -0.4 is 5.73 Å². The molecule has 6 heteroatoms. The molecule has 1 aliphatic rings. The van der Waals surface area contributed by atoms with Crippen LogP contribution >= 0.6 is 23.2 Å². The van der Waals surface area contributed by atoms with E-state index in [1.807, 2.05) is 6.07 Å². The van der Waals surface area contributed by atoms with Gasteiger partial charge in [0.05, 0.1) is 0 Å². The monoisotopic (exact) mass is 287 g/mol. The van der Waals surface area contributed by atoms with E-state index < -0.39 is 0 Å². The standard InChI is InChI=1S/C12H15Cl2N3O/c13-10-2-1-9(11(14)16-10)7-17-5-3-8(4-6-17)12(15)18/h1-2,8H,3-7H2,(H2,15,18). The van der Waals surface area contributed by atoms with Crippen LogP contribution in [0.25, 0.3) is 0 Å². The smallest absolute Gasteiger partial charge is 0.220 e. The zero-order valence-corrected chi connectivity index (χ0v) is 11.4. The highest BCUT2D eigenvalue weighted by molar-refractivity contribution is 6.32. The second-order valence-corrected chi connectivity index (χ2v) is 5.28. The number of nitrogens with zero attached hydrogens (tertiary/aromatic N) is 2. The Morgan fingerprint density at radius 3 is 2.61 bits per heavy atom. The molecule has 1 saturated heterocycles. The van der Waals surface area contributed by atoms with E-state index in [4.69, 9.17) is 28.9 Å². The predicted octanol–water partition coefficient (Wildman–Crippen LogP) is 2.09. The van der Waals surface area contributed by atoms with Crippen molar-refractivity contribution in [1.82, 2.24) is 9.88 Å². The molecule has 2 rings (SSSR count). The average molecular weight is 288 g/mol. The normalized spacial score (nSPS) is 17.9. The van der Waals surface area contributed by atoms with Crippen LogP contribution in [0.2, 0.25) is 10.3 Å². The van der Waals surface area contributed by atoms with Crippen LogP contribution in [0.5, 0.6) is 0 Å². The van der Waals surface area contributed by atoms with Crippen molar-refractivity contribution in [1.29, 1.82) is 0 Å². The number of carbonyl (C=O) groups excluding carboxylic acids is 1. The number of likely N-dealkylation sites (tertiary alicyclic amines) is 1. The number of aromatic nitrogens is 1. The summed E-state index contributed by atoms with van der Waals surface area (Å²) in [7, 11) is 0. The Bertz CT molecular complexity index is 445. The van der Waals surface area contributed by atoms with Gasteiger partial charge in [-0.1, -0.05) is 29.3 Å². The van der Waals surface area contributed by atoms with Crippen LogP contribution in [0.4, 0.5) is 0 Å². The molecule has 1 fully saturated rings. The van der Waals surface area contributed by atoms with Crippen LogP contribution in [0, 0.1) is 5.92 Å². The molecule has 0 atom stereocenters. The van der Waals surface area contributed by atoms with Gasteiger partial charge >= 0.3 is 0 Å². The summed E-state index contributed by atoms with van der Waals surface area (Å²) < 4.78 is 0. The fraction of sp³-hybridized carbons (Fsp3) is 0.500. The minimum Gasteiger partial charge on any atom is -0.369 e. The molecule has 1 aliphatic heterocycles. The lowest BCUT2D eigenvalue weighted by molar-refractivity contribution is -0.123. The number of hydrogen-bond acceptors (Lipinski definition) is 3. The molecule has 0 aromatic carbocycles. The van der Waals surface area contributed by atoms with Crippen LogP contribution in [-0.2, 0) is 11.3 Å². The summed E-state index contributed by atoms with van der Waals surface area (Å²) in [5.41, 5.74) is 6.26. The minimum atomic E-state index is -0.194. The summed E-state index contributed by atoms with van der Waals surface area (Å²) in [4.78, 5) is 17.3. The number of amides is 1. The number of nitrogens with two attached hydrogens (primary N) is 1. The molecule has 2 N–H and O–H groups in total. The molecule has 0 unspecified atom stereocenters. The molecular weight excluding hydrogens is 273 g/mol. The third-order valence-corrected chi connectivity index (χ3v) is 3.81. The van der Waals surface area contributed by atoms with Gasteiger partial charge in [0.25, 0.3) is 0 Å². The van der Waals surface area contributed by atoms with Gasteiger partial charge in [-0.2, -0.15) is 0 Å².